The monoisotopic (exact) mass is 398 g/mol. The van der Waals surface area contributed by atoms with Crippen LogP contribution >= 0.6 is 23.2 Å². The highest BCUT2D eigenvalue weighted by Gasteiger charge is 2.34. The Morgan fingerprint density at radius 1 is 1.12 bits per heavy atom. The van der Waals surface area contributed by atoms with Crippen LogP contribution < -0.4 is 5.32 Å². The number of amides is 1. The van der Waals surface area contributed by atoms with E-state index in [1.807, 2.05) is 0 Å². The van der Waals surface area contributed by atoms with E-state index >= 15 is 0 Å². The Balaban J connectivity index is 1.78. The first-order chi connectivity index (χ1) is 11.8. The molecule has 0 aliphatic heterocycles. The molecule has 2 aromatic rings. The van der Waals surface area contributed by atoms with Gasteiger partial charge in [0.25, 0.3) is 5.91 Å². The lowest BCUT2D eigenvalue weighted by Gasteiger charge is -2.16. The van der Waals surface area contributed by atoms with Gasteiger partial charge in [0.05, 0.1) is 15.6 Å². The molecule has 0 atom stereocenters. The summed E-state index contributed by atoms with van der Waals surface area (Å²) in [5.41, 5.74) is 0.716. The van der Waals surface area contributed by atoms with Gasteiger partial charge in [-0.1, -0.05) is 23.2 Å². The van der Waals surface area contributed by atoms with Gasteiger partial charge in [-0.3, -0.25) is 4.79 Å². The summed E-state index contributed by atoms with van der Waals surface area (Å²) >= 11 is 11.9. The third kappa shape index (κ3) is 3.98. The first-order valence-corrected chi connectivity index (χ1v) is 9.83. The van der Waals surface area contributed by atoms with Gasteiger partial charge in [0.15, 0.2) is 0 Å². The quantitative estimate of drug-likeness (QED) is 0.826. The molecule has 1 aliphatic carbocycles. The predicted octanol–water partition coefficient (Wildman–Crippen LogP) is 4.03. The maximum atomic E-state index is 12.5. The van der Waals surface area contributed by atoms with Crippen molar-refractivity contribution in [3.05, 3.63) is 58.1 Å². The maximum Gasteiger partial charge on any atom is 0.255 e. The van der Waals surface area contributed by atoms with Gasteiger partial charge in [-0.25, -0.2) is 8.42 Å². The van der Waals surface area contributed by atoms with Crippen molar-refractivity contribution in [3.8, 4) is 0 Å². The Morgan fingerprint density at radius 2 is 1.76 bits per heavy atom. The van der Waals surface area contributed by atoms with Gasteiger partial charge in [0.1, 0.15) is 0 Å². The topological polar surface area (TPSA) is 66.5 Å². The standard InChI is InChI=1S/C17H16Cl2N2O3S/c1-21(13-5-6-13)25(23,24)14-7-2-11(3-8-14)17(22)20-16-10-12(18)4-9-15(16)19/h2-4,7-10,13H,5-6H2,1H3,(H,20,22). The number of carbonyl (C=O) groups is 1. The van der Waals surface area contributed by atoms with Gasteiger partial charge < -0.3 is 5.32 Å². The molecule has 0 radical (unpaired) electrons. The van der Waals surface area contributed by atoms with Crippen LogP contribution in [0.25, 0.3) is 0 Å². The first kappa shape index (κ1) is 18.2. The molecule has 25 heavy (non-hydrogen) atoms. The molecule has 1 aliphatic rings. The molecule has 0 aromatic heterocycles. The largest absolute Gasteiger partial charge is 0.321 e. The number of hydrogen-bond donors (Lipinski definition) is 1. The molecule has 0 saturated heterocycles. The average molecular weight is 399 g/mol. The number of halogens is 2. The smallest absolute Gasteiger partial charge is 0.255 e. The third-order valence-corrected chi connectivity index (χ3v) is 6.52. The van der Waals surface area contributed by atoms with Crippen molar-refractivity contribution >= 4 is 44.8 Å². The van der Waals surface area contributed by atoms with Crippen LogP contribution in [0.4, 0.5) is 5.69 Å². The number of rotatable bonds is 5. The number of anilines is 1. The highest BCUT2D eigenvalue weighted by Crippen LogP contribution is 2.30. The van der Waals surface area contributed by atoms with Gasteiger partial charge in [0, 0.05) is 23.7 Å². The second-order valence-electron chi connectivity index (χ2n) is 5.86. The average Bonchev–Trinajstić information content (AvgIpc) is 3.42. The lowest BCUT2D eigenvalue weighted by atomic mass is 10.2. The molecule has 1 fully saturated rings. The fraction of sp³-hybridized carbons (Fsp3) is 0.235. The summed E-state index contributed by atoms with van der Waals surface area (Å²) in [4.78, 5) is 12.5. The molecule has 1 amide bonds. The van der Waals surface area contributed by atoms with Crippen molar-refractivity contribution in [2.75, 3.05) is 12.4 Å². The second-order valence-corrected chi connectivity index (χ2v) is 8.70. The van der Waals surface area contributed by atoms with Crippen molar-refractivity contribution in [3.63, 3.8) is 0 Å². The molecule has 0 spiro atoms. The van der Waals surface area contributed by atoms with E-state index in [1.165, 1.54) is 28.6 Å². The molecule has 1 saturated carbocycles. The predicted molar refractivity (Wildman–Crippen MR) is 98.8 cm³/mol. The van der Waals surface area contributed by atoms with Crippen molar-refractivity contribution in [1.82, 2.24) is 4.31 Å². The molecule has 2 aromatic carbocycles. The maximum absolute atomic E-state index is 12.5. The van der Waals surface area contributed by atoms with Crippen LogP contribution in [0.5, 0.6) is 0 Å². The fourth-order valence-corrected chi connectivity index (χ4v) is 4.12. The van der Waals surface area contributed by atoms with Gasteiger partial charge >= 0.3 is 0 Å². The lowest BCUT2D eigenvalue weighted by Crippen LogP contribution is -2.29. The number of carbonyl (C=O) groups excluding carboxylic acids is 1. The molecule has 8 heteroatoms. The minimum Gasteiger partial charge on any atom is -0.321 e. The number of nitrogens with zero attached hydrogens (tertiary/aromatic N) is 1. The zero-order valence-corrected chi connectivity index (χ0v) is 15.7. The van der Waals surface area contributed by atoms with E-state index in [2.05, 4.69) is 5.32 Å². The molecule has 0 bridgehead atoms. The Morgan fingerprint density at radius 3 is 2.36 bits per heavy atom. The van der Waals surface area contributed by atoms with Crippen molar-refractivity contribution < 1.29 is 13.2 Å². The van der Waals surface area contributed by atoms with Crippen LogP contribution in [-0.4, -0.2) is 31.7 Å². The molecular formula is C17H16Cl2N2O3S. The Labute approximate surface area is 156 Å². The van der Waals surface area contributed by atoms with Gasteiger partial charge in [0.2, 0.25) is 10.0 Å². The molecule has 0 unspecified atom stereocenters. The lowest BCUT2D eigenvalue weighted by molar-refractivity contribution is 0.102. The van der Waals surface area contributed by atoms with E-state index in [9.17, 15) is 13.2 Å². The third-order valence-electron chi connectivity index (χ3n) is 4.03. The van der Waals surface area contributed by atoms with Crippen molar-refractivity contribution in [2.24, 2.45) is 0 Å². The minimum absolute atomic E-state index is 0.0814. The summed E-state index contributed by atoms with van der Waals surface area (Å²) in [7, 11) is -1.95. The summed E-state index contributed by atoms with van der Waals surface area (Å²) in [6, 6.07) is 10.6. The van der Waals surface area contributed by atoms with Gasteiger partial charge in [-0.15, -0.1) is 0 Å². The molecule has 0 heterocycles. The van der Waals surface area contributed by atoms with E-state index < -0.39 is 15.9 Å². The van der Waals surface area contributed by atoms with Crippen LogP contribution in [0.3, 0.4) is 0 Å². The summed E-state index contributed by atoms with van der Waals surface area (Å²) < 4.78 is 26.3. The highest BCUT2D eigenvalue weighted by atomic mass is 35.5. The van der Waals surface area contributed by atoms with Crippen molar-refractivity contribution in [1.29, 1.82) is 0 Å². The van der Waals surface area contributed by atoms with E-state index in [0.717, 1.165) is 12.8 Å². The first-order valence-electron chi connectivity index (χ1n) is 7.63. The molecule has 5 nitrogen and oxygen atoms in total. The molecule has 1 N–H and O–H groups in total. The number of hydrogen-bond acceptors (Lipinski definition) is 3. The zero-order chi connectivity index (χ0) is 18.2. The molecule has 132 valence electrons. The molecular weight excluding hydrogens is 383 g/mol. The van der Waals surface area contributed by atoms with E-state index in [-0.39, 0.29) is 10.9 Å². The number of sulfonamides is 1. The number of nitrogens with one attached hydrogen (secondary N) is 1. The van der Waals surface area contributed by atoms with E-state index in [0.29, 0.717) is 21.3 Å². The molecule has 3 rings (SSSR count). The van der Waals surface area contributed by atoms with Crippen LogP contribution in [0.2, 0.25) is 10.0 Å². The van der Waals surface area contributed by atoms with Gasteiger partial charge in [-0.2, -0.15) is 4.31 Å². The summed E-state index contributed by atoms with van der Waals surface area (Å²) in [6.45, 7) is 0. The van der Waals surface area contributed by atoms with E-state index in [4.69, 9.17) is 23.2 Å². The normalized spacial score (nSPS) is 14.6. The van der Waals surface area contributed by atoms with Crippen LogP contribution in [0.1, 0.15) is 23.2 Å². The fourth-order valence-electron chi connectivity index (χ4n) is 2.37. The highest BCUT2D eigenvalue weighted by molar-refractivity contribution is 7.89. The van der Waals surface area contributed by atoms with Crippen molar-refractivity contribution in [2.45, 2.75) is 23.8 Å². The van der Waals surface area contributed by atoms with Crippen LogP contribution in [0, 0.1) is 0 Å². The Hall–Kier alpha value is -1.60. The summed E-state index contributed by atoms with van der Waals surface area (Å²) in [5.74, 6) is -0.399. The number of benzene rings is 2. The SMILES string of the molecule is CN(C1CC1)S(=O)(=O)c1ccc(C(=O)Nc2cc(Cl)ccc2Cl)cc1. The van der Waals surface area contributed by atoms with Crippen LogP contribution in [-0.2, 0) is 10.0 Å². The van der Waals surface area contributed by atoms with Crippen LogP contribution in [0.15, 0.2) is 47.4 Å². The minimum atomic E-state index is -3.53. The Bertz CT molecular complexity index is 910. The summed E-state index contributed by atoms with van der Waals surface area (Å²) in [6.07, 6.45) is 1.77. The van der Waals surface area contributed by atoms with E-state index in [1.54, 1.807) is 25.2 Å². The Kier molecular flexibility index (Phi) is 5.06. The van der Waals surface area contributed by atoms with Gasteiger partial charge in [-0.05, 0) is 55.3 Å². The summed E-state index contributed by atoms with van der Waals surface area (Å²) in [5, 5.41) is 3.47. The second kappa shape index (κ2) is 6.96. The zero-order valence-electron chi connectivity index (χ0n) is 13.4.